The van der Waals surface area contributed by atoms with Crippen LogP contribution in [-0.4, -0.2) is 39.2 Å². The van der Waals surface area contributed by atoms with Crippen LogP contribution in [0.5, 0.6) is 0 Å². The Kier molecular flexibility index (Phi) is 5.15. The molecule has 0 radical (unpaired) electrons. The summed E-state index contributed by atoms with van der Waals surface area (Å²) >= 11 is 0. The van der Waals surface area contributed by atoms with Crippen molar-refractivity contribution in [3.63, 3.8) is 0 Å². The zero-order valence-corrected chi connectivity index (χ0v) is 10.6. The molecule has 1 amide bonds. The maximum atomic E-state index is 11.6. The SMILES string of the molecule is C[C@@H](O)[C@H](NC(=O)Cc1ccc([N+](=O)[O-])cc1)C(=O)O. The number of nitro groups is 1. The number of hydrogen-bond acceptors (Lipinski definition) is 5. The first-order chi connectivity index (χ1) is 9.31. The van der Waals surface area contributed by atoms with Crippen molar-refractivity contribution in [2.45, 2.75) is 25.5 Å². The van der Waals surface area contributed by atoms with Crippen LogP contribution in [0.1, 0.15) is 12.5 Å². The molecule has 8 nitrogen and oxygen atoms in total. The van der Waals surface area contributed by atoms with E-state index in [4.69, 9.17) is 5.11 Å². The number of aliphatic carboxylic acids is 1. The molecule has 0 unspecified atom stereocenters. The summed E-state index contributed by atoms with van der Waals surface area (Å²) in [6, 6.07) is 3.95. The lowest BCUT2D eigenvalue weighted by atomic mass is 10.1. The molecular formula is C12H14N2O6. The smallest absolute Gasteiger partial charge is 0.328 e. The van der Waals surface area contributed by atoms with Crippen molar-refractivity contribution in [3.05, 3.63) is 39.9 Å². The minimum Gasteiger partial charge on any atom is -0.480 e. The molecule has 0 spiro atoms. The van der Waals surface area contributed by atoms with E-state index in [0.29, 0.717) is 5.56 Å². The Morgan fingerprint density at radius 2 is 1.90 bits per heavy atom. The Bertz CT molecular complexity index is 511. The van der Waals surface area contributed by atoms with Gasteiger partial charge in [-0.2, -0.15) is 0 Å². The molecule has 1 aromatic carbocycles. The largest absolute Gasteiger partial charge is 0.480 e. The fraction of sp³-hybridized carbons (Fsp3) is 0.333. The number of hydrogen-bond donors (Lipinski definition) is 3. The lowest BCUT2D eigenvalue weighted by Gasteiger charge is -2.16. The molecule has 0 aliphatic carbocycles. The average Bonchev–Trinajstić information content (AvgIpc) is 2.35. The van der Waals surface area contributed by atoms with Gasteiger partial charge in [0.1, 0.15) is 0 Å². The number of non-ortho nitro benzene ring substituents is 1. The topological polar surface area (TPSA) is 130 Å². The zero-order chi connectivity index (χ0) is 15.3. The summed E-state index contributed by atoms with van der Waals surface area (Å²) in [5.74, 6) is -1.93. The molecule has 2 atom stereocenters. The molecule has 0 aliphatic heterocycles. The molecule has 20 heavy (non-hydrogen) atoms. The second-order valence-corrected chi connectivity index (χ2v) is 4.22. The van der Waals surface area contributed by atoms with Gasteiger partial charge in [-0.1, -0.05) is 12.1 Å². The third kappa shape index (κ3) is 4.32. The summed E-state index contributed by atoms with van der Waals surface area (Å²) in [6.45, 7) is 1.25. The van der Waals surface area contributed by atoms with Gasteiger partial charge in [-0.25, -0.2) is 4.79 Å². The molecule has 0 aromatic heterocycles. The summed E-state index contributed by atoms with van der Waals surface area (Å²) in [7, 11) is 0. The number of carboxylic acid groups (broad SMARTS) is 1. The molecule has 0 heterocycles. The predicted octanol–water partition coefficient (Wildman–Crippen LogP) is 0.0875. The van der Waals surface area contributed by atoms with E-state index < -0.39 is 28.9 Å². The van der Waals surface area contributed by atoms with Crippen LogP contribution in [0, 0.1) is 10.1 Å². The molecule has 0 fully saturated rings. The van der Waals surface area contributed by atoms with Crippen LogP contribution in [0.4, 0.5) is 5.69 Å². The number of nitro benzene ring substituents is 1. The highest BCUT2D eigenvalue weighted by Crippen LogP contribution is 2.12. The Hall–Kier alpha value is -2.48. The number of amides is 1. The first kappa shape index (κ1) is 15.6. The third-order valence-corrected chi connectivity index (χ3v) is 2.58. The molecule has 0 aliphatic rings. The second-order valence-electron chi connectivity index (χ2n) is 4.22. The third-order valence-electron chi connectivity index (χ3n) is 2.58. The first-order valence-corrected chi connectivity index (χ1v) is 5.75. The van der Waals surface area contributed by atoms with Gasteiger partial charge < -0.3 is 15.5 Å². The number of nitrogens with one attached hydrogen (secondary N) is 1. The maximum absolute atomic E-state index is 11.6. The number of aliphatic hydroxyl groups is 1. The minimum absolute atomic E-state index is 0.0958. The molecule has 0 saturated heterocycles. The molecule has 1 aromatic rings. The number of nitrogens with zero attached hydrogens (tertiary/aromatic N) is 1. The van der Waals surface area contributed by atoms with E-state index in [9.17, 15) is 24.8 Å². The van der Waals surface area contributed by atoms with E-state index in [1.165, 1.54) is 31.2 Å². The summed E-state index contributed by atoms with van der Waals surface area (Å²) in [4.78, 5) is 32.3. The normalized spacial score (nSPS) is 13.3. The van der Waals surface area contributed by atoms with Crippen molar-refractivity contribution in [1.29, 1.82) is 0 Å². The molecule has 0 bridgehead atoms. The van der Waals surface area contributed by atoms with E-state index >= 15 is 0 Å². The van der Waals surface area contributed by atoms with Gasteiger partial charge in [0, 0.05) is 12.1 Å². The van der Waals surface area contributed by atoms with Gasteiger partial charge in [-0.3, -0.25) is 14.9 Å². The number of carbonyl (C=O) groups is 2. The van der Waals surface area contributed by atoms with Gasteiger partial charge in [0.05, 0.1) is 17.4 Å². The monoisotopic (exact) mass is 282 g/mol. The quantitative estimate of drug-likeness (QED) is 0.500. The summed E-state index contributed by atoms with van der Waals surface area (Å²) in [6.07, 6.45) is -1.36. The Balaban J connectivity index is 2.66. The van der Waals surface area contributed by atoms with Crippen LogP contribution >= 0.6 is 0 Å². The highest BCUT2D eigenvalue weighted by atomic mass is 16.6. The Morgan fingerprint density at radius 3 is 2.30 bits per heavy atom. The van der Waals surface area contributed by atoms with Crippen molar-refractivity contribution < 1.29 is 24.7 Å². The number of rotatable bonds is 6. The van der Waals surface area contributed by atoms with Crippen LogP contribution in [0.15, 0.2) is 24.3 Å². The van der Waals surface area contributed by atoms with Crippen molar-refractivity contribution in [2.75, 3.05) is 0 Å². The van der Waals surface area contributed by atoms with Crippen LogP contribution < -0.4 is 5.32 Å². The lowest BCUT2D eigenvalue weighted by molar-refractivity contribution is -0.384. The lowest BCUT2D eigenvalue weighted by Crippen LogP contribution is -2.48. The average molecular weight is 282 g/mol. The predicted molar refractivity (Wildman–Crippen MR) is 68.0 cm³/mol. The summed E-state index contributed by atoms with van der Waals surface area (Å²) in [5, 5.41) is 30.7. The first-order valence-electron chi connectivity index (χ1n) is 5.75. The maximum Gasteiger partial charge on any atom is 0.328 e. The van der Waals surface area contributed by atoms with Gasteiger partial charge in [0.2, 0.25) is 5.91 Å². The van der Waals surface area contributed by atoms with E-state index in [1.807, 2.05) is 0 Å². The van der Waals surface area contributed by atoms with Crippen molar-refractivity contribution >= 4 is 17.6 Å². The number of benzene rings is 1. The highest BCUT2D eigenvalue weighted by molar-refractivity contribution is 5.85. The highest BCUT2D eigenvalue weighted by Gasteiger charge is 2.24. The van der Waals surface area contributed by atoms with E-state index in [-0.39, 0.29) is 12.1 Å². The fourth-order valence-corrected chi connectivity index (χ4v) is 1.53. The molecule has 0 saturated carbocycles. The fourth-order valence-electron chi connectivity index (χ4n) is 1.53. The van der Waals surface area contributed by atoms with Gasteiger partial charge >= 0.3 is 5.97 Å². The standard InChI is InChI=1S/C12H14N2O6/c1-7(15)11(12(17)18)13-10(16)6-8-2-4-9(5-3-8)14(19)20/h2-5,7,11,15H,6H2,1H3,(H,13,16)(H,17,18)/t7-,11+/m1/s1. The zero-order valence-electron chi connectivity index (χ0n) is 10.6. The van der Waals surface area contributed by atoms with Gasteiger partial charge in [-0.05, 0) is 12.5 Å². The van der Waals surface area contributed by atoms with E-state index in [2.05, 4.69) is 5.32 Å². The summed E-state index contributed by atoms with van der Waals surface area (Å²) < 4.78 is 0. The number of carbonyl (C=O) groups excluding carboxylic acids is 1. The molecule has 1 rings (SSSR count). The molecular weight excluding hydrogens is 268 g/mol. The van der Waals surface area contributed by atoms with Crippen LogP contribution in [0.2, 0.25) is 0 Å². The van der Waals surface area contributed by atoms with E-state index in [1.54, 1.807) is 0 Å². The van der Waals surface area contributed by atoms with Gasteiger partial charge in [-0.15, -0.1) is 0 Å². The number of carboxylic acids is 1. The van der Waals surface area contributed by atoms with Crippen LogP contribution in [0.25, 0.3) is 0 Å². The van der Waals surface area contributed by atoms with Crippen molar-refractivity contribution in [3.8, 4) is 0 Å². The minimum atomic E-state index is -1.39. The van der Waals surface area contributed by atoms with Crippen LogP contribution in [0.3, 0.4) is 0 Å². The van der Waals surface area contributed by atoms with Crippen LogP contribution in [-0.2, 0) is 16.0 Å². The van der Waals surface area contributed by atoms with Gasteiger partial charge in [0.15, 0.2) is 6.04 Å². The van der Waals surface area contributed by atoms with Crippen molar-refractivity contribution in [1.82, 2.24) is 5.32 Å². The van der Waals surface area contributed by atoms with Gasteiger partial charge in [0.25, 0.3) is 5.69 Å². The Morgan fingerprint density at radius 1 is 1.35 bits per heavy atom. The summed E-state index contributed by atoms with van der Waals surface area (Å²) in [5.41, 5.74) is 0.407. The van der Waals surface area contributed by atoms with E-state index in [0.717, 1.165) is 0 Å². The molecule has 8 heteroatoms. The molecule has 108 valence electrons. The van der Waals surface area contributed by atoms with Crippen molar-refractivity contribution in [2.24, 2.45) is 0 Å². The second kappa shape index (κ2) is 6.62. The Labute approximate surface area is 114 Å². The molecule has 3 N–H and O–H groups in total. The number of aliphatic hydroxyl groups excluding tert-OH is 1.